The molecule has 0 spiro atoms. The lowest BCUT2D eigenvalue weighted by Crippen LogP contribution is -2.42. The largest absolute Gasteiger partial charge is 0.385 e. The monoisotopic (exact) mass is 487 g/mol. The smallest absolute Gasteiger partial charge is 0.318 e. The van der Waals surface area contributed by atoms with E-state index in [9.17, 15) is 9.18 Å². The zero-order valence-corrected chi connectivity index (χ0v) is 20.5. The van der Waals surface area contributed by atoms with Crippen LogP contribution in [0.4, 0.5) is 9.18 Å². The van der Waals surface area contributed by atoms with Crippen molar-refractivity contribution < 1.29 is 13.9 Å². The number of fused-ring (bicyclic) bond motifs is 3. The highest BCUT2D eigenvalue weighted by Gasteiger charge is 2.36. The van der Waals surface area contributed by atoms with Gasteiger partial charge in [0.1, 0.15) is 11.6 Å². The Morgan fingerprint density at radius 2 is 1.89 bits per heavy atom. The normalized spacial score (nSPS) is 14.8. The molecule has 2 aromatic carbocycles. The second-order valence-electron chi connectivity index (χ2n) is 8.81. The summed E-state index contributed by atoms with van der Waals surface area (Å²) in [4.78, 5) is 15.5. The Balaban J connectivity index is 1.67. The molecule has 186 valence electrons. The van der Waals surface area contributed by atoms with Gasteiger partial charge in [0, 0.05) is 32.0 Å². The summed E-state index contributed by atoms with van der Waals surface area (Å²) in [7, 11) is 1.65. The first-order valence-electron chi connectivity index (χ1n) is 12.2. The molecule has 0 saturated carbocycles. The van der Waals surface area contributed by atoms with E-state index in [0.29, 0.717) is 26.1 Å². The van der Waals surface area contributed by atoms with Crippen molar-refractivity contribution in [2.24, 2.45) is 0 Å². The number of halogens is 1. The van der Waals surface area contributed by atoms with Crippen LogP contribution in [0.1, 0.15) is 41.9 Å². The van der Waals surface area contributed by atoms with Gasteiger partial charge >= 0.3 is 6.03 Å². The second-order valence-corrected chi connectivity index (χ2v) is 8.81. The molecular weight excluding hydrogens is 457 g/mol. The Kier molecular flexibility index (Phi) is 6.86. The Hall–Kier alpha value is -3.91. The molecule has 1 aliphatic heterocycles. The van der Waals surface area contributed by atoms with Crippen LogP contribution in [0, 0.1) is 5.82 Å². The predicted molar refractivity (Wildman–Crippen MR) is 136 cm³/mol. The van der Waals surface area contributed by atoms with Crippen molar-refractivity contribution in [1.29, 1.82) is 0 Å². The predicted octanol–water partition coefficient (Wildman–Crippen LogP) is 5.02. The van der Waals surface area contributed by atoms with Crippen LogP contribution in [0.3, 0.4) is 0 Å². The molecule has 1 aliphatic rings. The number of benzene rings is 2. The van der Waals surface area contributed by atoms with Gasteiger partial charge in [-0.1, -0.05) is 37.3 Å². The van der Waals surface area contributed by atoms with E-state index in [-0.39, 0.29) is 11.8 Å². The number of carbonyl (C=O) groups excluding carboxylic acids is 1. The van der Waals surface area contributed by atoms with Crippen LogP contribution in [0.25, 0.3) is 11.5 Å². The molecule has 0 aliphatic carbocycles. The molecule has 1 unspecified atom stereocenters. The van der Waals surface area contributed by atoms with E-state index in [0.717, 1.165) is 40.4 Å². The van der Waals surface area contributed by atoms with Gasteiger partial charge in [0.2, 0.25) is 0 Å². The topological polar surface area (TPSA) is 64.3 Å². The van der Waals surface area contributed by atoms with Gasteiger partial charge < -0.3 is 19.5 Å². The minimum Gasteiger partial charge on any atom is -0.385 e. The second kappa shape index (κ2) is 10.4. The lowest BCUT2D eigenvalue weighted by molar-refractivity contribution is 0.174. The molecule has 5 rings (SSSR count). The fraction of sp³-hybridized carbons (Fsp3) is 0.286. The van der Waals surface area contributed by atoms with Gasteiger partial charge in [-0.05, 0) is 54.8 Å². The van der Waals surface area contributed by atoms with Gasteiger partial charge in [0.15, 0.2) is 0 Å². The molecule has 36 heavy (non-hydrogen) atoms. The molecule has 0 radical (unpaired) electrons. The highest BCUT2D eigenvalue weighted by Crippen LogP contribution is 2.38. The van der Waals surface area contributed by atoms with Crippen molar-refractivity contribution in [3.63, 3.8) is 0 Å². The van der Waals surface area contributed by atoms with Crippen LogP contribution in [0.5, 0.6) is 0 Å². The Morgan fingerprint density at radius 3 is 2.61 bits per heavy atom. The first-order chi connectivity index (χ1) is 17.6. The van der Waals surface area contributed by atoms with Gasteiger partial charge in [-0.15, -0.1) is 0 Å². The fourth-order valence-corrected chi connectivity index (χ4v) is 4.86. The molecule has 7 nitrogen and oxygen atoms in total. The lowest BCUT2D eigenvalue weighted by atomic mass is 10.0. The van der Waals surface area contributed by atoms with Crippen molar-refractivity contribution in [3.05, 3.63) is 101 Å². The molecule has 3 heterocycles. The molecule has 0 bridgehead atoms. The number of urea groups is 1. The number of amides is 2. The molecule has 8 heteroatoms. The summed E-state index contributed by atoms with van der Waals surface area (Å²) in [5.41, 5.74) is 4.63. The van der Waals surface area contributed by atoms with Crippen molar-refractivity contribution in [2.45, 2.75) is 32.4 Å². The standard InChI is InChI=1S/C28H30FN5O2/c1-3-24-23-19-33(28(35)30-16-8-18-36-2)26(20-12-14-21(29)15-13-20)25-11-7-17-32(25)27(23)34(31-24)22-9-5-4-6-10-22/h4-7,9-15,17,26H,3,8,16,18-19H2,1-2H3,(H,30,35). The molecule has 0 saturated heterocycles. The van der Waals surface area contributed by atoms with Gasteiger partial charge in [-0.25, -0.2) is 13.9 Å². The van der Waals surface area contributed by atoms with Gasteiger partial charge in [0.25, 0.3) is 0 Å². The number of methoxy groups -OCH3 is 1. The quantitative estimate of drug-likeness (QED) is 0.373. The number of ether oxygens (including phenoxy) is 1. The average Bonchev–Trinajstić information content (AvgIpc) is 3.49. The van der Waals surface area contributed by atoms with Crippen LogP contribution in [-0.2, 0) is 17.7 Å². The number of rotatable bonds is 7. The van der Waals surface area contributed by atoms with Crippen LogP contribution in [0.15, 0.2) is 72.9 Å². The minimum atomic E-state index is -0.413. The van der Waals surface area contributed by atoms with Gasteiger partial charge in [0.05, 0.1) is 29.7 Å². The van der Waals surface area contributed by atoms with E-state index in [1.54, 1.807) is 19.2 Å². The van der Waals surface area contributed by atoms with Crippen molar-refractivity contribution in [1.82, 2.24) is 24.6 Å². The summed E-state index contributed by atoms with van der Waals surface area (Å²) in [6.07, 6.45) is 3.44. The Labute approximate surface area is 210 Å². The number of para-hydroxylation sites is 1. The summed E-state index contributed by atoms with van der Waals surface area (Å²) >= 11 is 0. The zero-order chi connectivity index (χ0) is 25.1. The summed E-state index contributed by atoms with van der Waals surface area (Å²) in [6.45, 7) is 3.51. The van der Waals surface area contributed by atoms with Gasteiger partial charge in [-0.2, -0.15) is 5.10 Å². The van der Waals surface area contributed by atoms with E-state index in [1.807, 2.05) is 58.2 Å². The maximum atomic E-state index is 13.8. The molecule has 2 aromatic heterocycles. The minimum absolute atomic E-state index is 0.185. The summed E-state index contributed by atoms with van der Waals surface area (Å²) in [5, 5.41) is 8.01. The first-order valence-corrected chi connectivity index (χ1v) is 12.2. The number of aromatic nitrogens is 3. The first kappa shape index (κ1) is 23.8. The molecule has 4 aromatic rings. The van der Waals surface area contributed by atoms with Crippen LogP contribution in [-0.4, -0.2) is 45.5 Å². The SMILES string of the molecule is CCc1nn(-c2ccccc2)c2c1CN(C(=O)NCCCOC)C(c1ccc(F)cc1)c1cccn1-2. The van der Waals surface area contributed by atoms with E-state index < -0.39 is 6.04 Å². The maximum Gasteiger partial charge on any atom is 0.318 e. The lowest BCUT2D eigenvalue weighted by Gasteiger charge is -2.31. The van der Waals surface area contributed by atoms with Crippen molar-refractivity contribution in [2.75, 3.05) is 20.3 Å². The van der Waals surface area contributed by atoms with E-state index in [2.05, 4.69) is 16.8 Å². The van der Waals surface area contributed by atoms with E-state index >= 15 is 0 Å². The average molecular weight is 488 g/mol. The third-order valence-electron chi connectivity index (χ3n) is 6.55. The Bertz CT molecular complexity index is 1330. The number of nitrogens with one attached hydrogen (secondary N) is 1. The molecule has 2 amide bonds. The van der Waals surface area contributed by atoms with Crippen LogP contribution < -0.4 is 5.32 Å². The molecule has 0 fully saturated rings. The zero-order valence-electron chi connectivity index (χ0n) is 20.5. The number of carbonyl (C=O) groups is 1. The van der Waals surface area contributed by atoms with Crippen LogP contribution >= 0.6 is 0 Å². The number of hydrogen-bond acceptors (Lipinski definition) is 3. The third kappa shape index (κ3) is 4.40. The number of hydrogen-bond donors (Lipinski definition) is 1. The third-order valence-corrected chi connectivity index (χ3v) is 6.55. The van der Waals surface area contributed by atoms with E-state index in [1.165, 1.54) is 12.1 Å². The summed E-state index contributed by atoms with van der Waals surface area (Å²) in [5.74, 6) is 0.606. The highest BCUT2D eigenvalue weighted by atomic mass is 19.1. The van der Waals surface area contributed by atoms with Crippen molar-refractivity contribution in [3.8, 4) is 11.5 Å². The highest BCUT2D eigenvalue weighted by molar-refractivity contribution is 5.76. The number of nitrogens with zero attached hydrogens (tertiary/aromatic N) is 4. The number of aryl methyl sites for hydroxylation is 1. The molecule has 1 N–H and O–H groups in total. The molecule has 1 atom stereocenters. The molecular formula is C28H30FN5O2. The van der Waals surface area contributed by atoms with Crippen LogP contribution in [0.2, 0.25) is 0 Å². The summed E-state index contributed by atoms with van der Waals surface area (Å²) < 4.78 is 23.1. The van der Waals surface area contributed by atoms with Crippen molar-refractivity contribution >= 4 is 6.03 Å². The summed E-state index contributed by atoms with van der Waals surface area (Å²) in [6, 6.07) is 19.8. The fourth-order valence-electron chi connectivity index (χ4n) is 4.86. The Morgan fingerprint density at radius 1 is 1.11 bits per heavy atom. The van der Waals surface area contributed by atoms with Gasteiger partial charge in [-0.3, -0.25) is 0 Å². The van der Waals surface area contributed by atoms with E-state index in [4.69, 9.17) is 9.84 Å². The maximum absolute atomic E-state index is 13.8.